The van der Waals surface area contributed by atoms with Crippen LogP contribution < -0.4 is 5.32 Å². The maximum Gasteiger partial charge on any atom is 0.243 e. The molecule has 2 heterocycles. The Bertz CT molecular complexity index is 1170. The predicted molar refractivity (Wildman–Crippen MR) is 128 cm³/mol. The fraction of sp³-hybridized carbons (Fsp3) is 0.417. The Balaban J connectivity index is 1.53. The standard InChI is InChI=1S/C24H26Cl2N2O3S/c25-15-12-20(24(29)21(26)13-15)23-18-7-5-6-17(18)19-14-16(8-9-22(19)27-23)32(30,31)28-10-3-1-2-4-11-28/h5-6,8-9,12-14,17-18,23,27,29H,1-4,7,10-11H2. The normalized spacial score (nSPS) is 25.6. The van der Waals surface area contributed by atoms with Crippen LogP contribution in [0.5, 0.6) is 5.75 Å². The average Bonchev–Trinajstić information content (AvgIpc) is 3.10. The lowest BCUT2D eigenvalue weighted by Gasteiger charge is -2.38. The minimum atomic E-state index is -3.52. The molecule has 3 atom stereocenters. The van der Waals surface area contributed by atoms with Gasteiger partial charge in [0.1, 0.15) is 5.75 Å². The fourth-order valence-electron chi connectivity index (χ4n) is 5.29. The topological polar surface area (TPSA) is 69.6 Å². The van der Waals surface area contributed by atoms with Gasteiger partial charge in [0.05, 0.1) is 16.0 Å². The van der Waals surface area contributed by atoms with E-state index in [1.54, 1.807) is 16.4 Å². The zero-order chi connectivity index (χ0) is 22.5. The average molecular weight is 493 g/mol. The lowest BCUT2D eigenvalue weighted by atomic mass is 9.77. The number of fused-ring (bicyclic) bond motifs is 3. The molecule has 5 nitrogen and oxygen atoms in total. The highest BCUT2D eigenvalue weighted by atomic mass is 35.5. The van der Waals surface area contributed by atoms with Gasteiger partial charge in [-0.15, -0.1) is 0 Å². The Labute approximate surface area is 199 Å². The summed E-state index contributed by atoms with van der Waals surface area (Å²) in [5.74, 6) is 0.204. The van der Waals surface area contributed by atoms with Crippen molar-refractivity contribution in [1.29, 1.82) is 0 Å². The maximum absolute atomic E-state index is 13.3. The van der Waals surface area contributed by atoms with E-state index in [0.29, 0.717) is 28.6 Å². The third-order valence-electron chi connectivity index (χ3n) is 6.93. The molecule has 8 heteroatoms. The molecule has 0 amide bonds. The second kappa shape index (κ2) is 8.56. The number of hydrogen-bond donors (Lipinski definition) is 2. The van der Waals surface area contributed by atoms with Crippen LogP contribution in [0.1, 0.15) is 55.2 Å². The van der Waals surface area contributed by atoms with Gasteiger partial charge in [0.15, 0.2) is 0 Å². The highest BCUT2D eigenvalue weighted by Crippen LogP contribution is 2.52. The maximum atomic E-state index is 13.3. The molecule has 2 N–H and O–H groups in total. The van der Waals surface area contributed by atoms with Gasteiger partial charge in [-0.2, -0.15) is 4.31 Å². The number of phenols is 1. The molecule has 5 rings (SSSR count). The van der Waals surface area contributed by atoms with Crippen molar-refractivity contribution in [3.63, 3.8) is 0 Å². The molecule has 1 fully saturated rings. The highest BCUT2D eigenvalue weighted by Gasteiger charge is 2.40. The molecule has 0 spiro atoms. The van der Waals surface area contributed by atoms with E-state index >= 15 is 0 Å². The number of aromatic hydroxyl groups is 1. The summed E-state index contributed by atoms with van der Waals surface area (Å²) in [6.07, 6.45) is 9.06. The van der Waals surface area contributed by atoms with Crippen LogP contribution in [-0.4, -0.2) is 30.9 Å². The van der Waals surface area contributed by atoms with E-state index in [0.717, 1.165) is 43.4 Å². The third-order valence-corrected chi connectivity index (χ3v) is 9.33. The highest BCUT2D eigenvalue weighted by molar-refractivity contribution is 7.89. The van der Waals surface area contributed by atoms with E-state index in [4.69, 9.17) is 23.2 Å². The third kappa shape index (κ3) is 3.81. The minimum absolute atomic E-state index is 0.0306. The predicted octanol–water partition coefficient (Wildman–Crippen LogP) is 6.09. The molecule has 2 aromatic rings. The second-order valence-corrected chi connectivity index (χ2v) is 11.6. The van der Waals surface area contributed by atoms with Crippen molar-refractivity contribution in [2.24, 2.45) is 5.92 Å². The smallest absolute Gasteiger partial charge is 0.243 e. The van der Waals surface area contributed by atoms with Crippen molar-refractivity contribution in [2.75, 3.05) is 18.4 Å². The van der Waals surface area contributed by atoms with Gasteiger partial charge in [-0.25, -0.2) is 8.42 Å². The second-order valence-electron chi connectivity index (χ2n) is 8.87. The largest absolute Gasteiger partial charge is 0.506 e. The van der Waals surface area contributed by atoms with Crippen LogP contribution in [0.2, 0.25) is 10.0 Å². The van der Waals surface area contributed by atoms with E-state index in [2.05, 4.69) is 17.5 Å². The van der Waals surface area contributed by atoms with Gasteiger partial charge in [-0.05, 0) is 61.1 Å². The van der Waals surface area contributed by atoms with E-state index in [9.17, 15) is 13.5 Å². The molecule has 3 unspecified atom stereocenters. The van der Waals surface area contributed by atoms with Crippen molar-refractivity contribution in [3.8, 4) is 5.75 Å². The SMILES string of the molecule is O=S(=O)(c1ccc2c(c1)C1C=CCC1C(c1cc(Cl)cc(Cl)c1O)N2)N1CCCCCC1. The fourth-order valence-corrected chi connectivity index (χ4v) is 7.36. The number of phenolic OH excluding ortho intramolecular Hbond substituents is 1. The molecule has 3 aliphatic rings. The summed E-state index contributed by atoms with van der Waals surface area (Å²) in [6.45, 7) is 1.17. The van der Waals surface area contributed by atoms with Crippen LogP contribution in [0, 0.1) is 5.92 Å². The first kappa shape index (κ1) is 22.1. The van der Waals surface area contributed by atoms with Crippen LogP contribution in [0.15, 0.2) is 47.4 Å². The molecule has 0 aromatic heterocycles. The number of allylic oxidation sites excluding steroid dienone is 2. The zero-order valence-electron chi connectivity index (χ0n) is 17.6. The van der Waals surface area contributed by atoms with E-state index in [1.807, 2.05) is 12.1 Å². The monoisotopic (exact) mass is 492 g/mol. The van der Waals surface area contributed by atoms with Gasteiger partial charge in [-0.3, -0.25) is 0 Å². The molecule has 2 aliphatic heterocycles. The molecule has 1 saturated heterocycles. The number of sulfonamides is 1. The summed E-state index contributed by atoms with van der Waals surface area (Å²) in [6, 6.07) is 8.46. The van der Waals surface area contributed by atoms with Crippen molar-refractivity contribution in [2.45, 2.75) is 49.0 Å². The molecular formula is C24H26Cl2N2O3S. The quantitative estimate of drug-likeness (QED) is 0.508. The summed E-state index contributed by atoms with van der Waals surface area (Å²) >= 11 is 12.4. The van der Waals surface area contributed by atoms with Crippen molar-refractivity contribution >= 4 is 38.9 Å². The molecule has 170 valence electrons. The van der Waals surface area contributed by atoms with Gasteiger partial charge in [0.2, 0.25) is 10.0 Å². The number of nitrogens with one attached hydrogen (secondary N) is 1. The summed E-state index contributed by atoms with van der Waals surface area (Å²) in [5.41, 5.74) is 2.50. The van der Waals surface area contributed by atoms with Crippen LogP contribution in [0.25, 0.3) is 0 Å². The van der Waals surface area contributed by atoms with Gasteiger partial charge < -0.3 is 10.4 Å². The van der Waals surface area contributed by atoms with Gasteiger partial charge >= 0.3 is 0 Å². The Kier molecular flexibility index (Phi) is 5.91. The Morgan fingerprint density at radius 1 is 1.00 bits per heavy atom. The summed E-state index contributed by atoms with van der Waals surface area (Å²) in [4.78, 5) is 0.353. The van der Waals surface area contributed by atoms with Crippen molar-refractivity contribution < 1.29 is 13.5 Å². The first-order chi connectivity index (χ1) is 15.4. The molecule has 0 radical (unpaired) electrons. The molecule has 2 aromatic carbocycles. The van der Waals surface area contributed by atoms with Crippen LogP contribution >= 0.6 is 23.2 Å². The Hall–Kier alpha value is -1.73. The van der Waals surface area contributed by atoms with E-state index in [1.165, 1.54) is 6.07 Å². The summed E-state index contributed by atoms with van der Waals surface area (Å²) in [7, 11) is -3.52. The Morgan fingerprint density at radius 2 is 1.75 bits per heavy atom. The number of hydrogen-bond acceptors (Lipinski definition) is 4. The van der Waals surface area contributed by atoms with Crippen LogP contribution in [0.4, 0.5) is 5.69 Å². The van der Waals surface area contributed by atoms with Crippen molar-refractivity contribution in [3.05, 3.63) is 63.7 Å². The van der Waals surface area contributed by atoms with Crippen LogP contribution in [0.3, 0.4) is 0 Å². The minimum Gasteiger partial charge on any atom is -0.506 e. The van der Waals surface area contributed by atoms with Crippen molar-refractivity contribution in [1.82, 2.24) is 4.31 Å². The lowest BCUT2D eigenvalue weighted by molar-refractivity contribution is 0.401. The van der Waals surface area contributed by atoms with E-state index < -0.39 is 10.0 Å². The molecule has 1 aliphatic carbocycles. The van der Waals surface area contributed by atoms with Gasteiger partial charge in [0, 0.05) is 35.3 Å². The number of halogens is 2. The number of nitrogens with zero attached hydrogens (tertiary/aromatic N) is 1. The zero-order valence-corrected chi connectivity index (χ0v) is 19.9. The van der Waals surface area contributed by atoms with E-state index in [-0.39, 0.29) is 28.6 Å². The van der Waals surface area contributed by atoms with Crippen LogP contribution in [-0.2, 0) is 10.0 Å². The summed E-state index contributed by atoms with van der Waals surface area (Å²) < 4.78 is 28.3. The van der Waals surface area contributed by atoms with Gasteiger partial charge in [0.25, 0.3) is 0 Å². The molecule has 0 saturated carbocycles. The number of anilines is 1. The molecule has 32 heavy (non-hydrogen) atoms. The first-order valence-corrected chi connectivity index (χ1v) is 13.3. The molecule has 0 bridgehead atoms. The lowest BCUT2D eigenvalue weighted by Crippen LogP contribution is -2.33. The summed E-state index contributed by atoms with van der Waals surface area (Å²) in [5, 5.41) is 14.8. The Morgan fingerprint density at radius 3 is 2.50 bits per heavy atom. The first-order valence-electron chi connectivity index (χ1n) is 11.1. The number of benzene rings is 2. The van der Waals surface area contributed by atoms with Gasteiger partial charge in [-0.1, -0.05) is 48.2 Å². The number of rotatable bonds is 3. The molecular weight excluding hydrogens is 467 g/mol.